The van der Waals surface area contributed by atoms with Crippen molar-refractivity contribution in [3.63, 3.8) is 0 Å². The summed E-state index contributed by atoms with van der Waals surface area (Å²) in [5, 5.41) is 9.16. The summed E-state index contributed by atoms with van der Waals surface area (Å²) in [6, 6.07) is 10.2. The van der Waals surface area contributed by atoms with Gasteiger partial charge in [0.15, 0.2) is 0 Å². The molecule has 4 heteroatoms. The zero-order chi connectivity index (χ0) is 17.4. The monoisotopic (exact) mass is 326 g/mol. The van der Waals surface area contributed by atoms with E-state index in [1.165, 1.54) is 5.56 Å². The summed E-state index contributed by atoms with van der Waals surface area (Å²) < 4.78 is 2.14. The average molecular weight is 326 g/mol. The molecule has 1 aromatic heterocycles. The van der Waals surface area contributed by atoms with Crippen LogP contribution in [-0.4, -0.2) is 20.6 Å². The first-order valence-corrected chi connectivity index (χ1v) is 8.57. The van der Waals surface area contributed by atoms with Crippen molar-refractivity contribution in [3.05, 3.63) is 59.2 Å². The molecule has 0 aliphatic heterocycles. The van der Waals surface area contributed by atoms with Crippen LogP contribution in [-0.2, 0) is 11.3 Å². The van der Waals surface area contributed by atoms with Crippen molar-refractivity contribution in [2.75, 3.05) is 0 Å². The zero-order valence-corrected chi connectivity index (χ0v) is 14.5. The second-order valence-corrected chi connectivity index (χ2v) is 6.13. The Morgan fingerprint density at radius 3 is 2.67 bits per heavy atom. The first-order valence-electron chi connectivity index (χ1n) is 8.57. The third-order valence-electron chi connectivity index (χ3n) is 4.10. The van der Waals surface area contributed by atoms with Gasteiger partial charge in [-0.05, 0) is 31.4 Å². The number of hydrogen-bond acceptors (Lipinski definition) is 2. The van der Waals surface area contributed by atoms with Crippen molar-refractivity contribution >= 4 is 12.0 Å². The number of unbranched alkanes of at least 4 members (excludes halogenated alkanes) is 2. The van der Waals surface area contributed by atoms with Crippen LogP contribution >= 0.6 is 0 Å². The minimum Gasteiger partial charge on any atom is -0.481 e. The molecule has 0 aliphatic carbocycles. The van der Waals surface area contributed by atoms with Gasteiger partial charge in [-0.25, -0.2) is 4.98 Å². The Labute approximate surface area is 143 Å². The predicted molar refractivity (Wildman–Crippen MR) is 96.9 cm³/mol. The summed E-state index contributed by atoms with van der Waals surface area (Å²) in [6.07, 6.45) is 8.05. The van der Waals surface area contributed by atoms with Crippen molar-refractivity contribution < 1.29 is 9.90 Å². The molecule has 4 nitrogen and oxygen atoms in total. The molecular formula is C20H26N2O2. The standard InChI is InChI=1S/C20H26N2O2/c1-3-4-6-11-18(13-20(23)24)12-19-14-21-16(2)22(19)15-17-9-7-5-8-10-17/h5,7-10,12,14H,3-4,6,11,13,15H2,1-2H3,(H,23,24)/b18-12+. The fourth-order valence-electron chi connectivity index (χ4n) is 2.79. The number of hydrogen-bond donors (Lipinski definition) is 1. The highest BCUT2D eigenvalue weighted by Crippen LogP contribution is 2.19. The topological polar surface area (TPSA) is 55.1 Å². The summed E-state index contributed by atoms with van der Waals surface area (Å²) >= 11 is 0. The number of carbonyl (C=O) groups is 1. The molecule has 0 radical (unpaired) electrons. The molecule has 1 aromatic carbocycles. The molecule has 1 N–H and O–H groups in total. The molecule has 2 aromatic rings. The van der Waals surface area contributed by atoms with E-state index in [2.05, 4.69) is 28.6 Å². The minimum absolute atomic E-state index is 0.0965. The summed E-state index contributed by atoms with van der Waals surface area (Å²) in [5.74, 6) is 0.164. The van der Waals surface area contributed by atoms with Crippen molar-refractivity contribution in [2.24, 2.45) is 0 Å². The van der Waals surface area contributed by atoms with Crippen LogP contribution in [0.15, 0.2) is 42.1 Å². The lowest BCUT2D eigenvalue weighted by molar-refractivity contribution is -0.136. The Balaban J connectivity index is 2.23. The molecule has 0 saturated carbocycles. The summed E-state index contributed by atoms with van der Waals surface area (Å²) in [6.45, 7) is 4.88. The van der Waals surface area contributed by atoms with E-state index in [1.54, 1.807) is 0 Å². The van der Waals surface area contributed by atoms with Gasteiger partial charge in [-0.2, -0.15) is 0 Å². The zero-order valence-electron chi connectivity index (χ0n) is 14.5. The Morgan fingerprint density at radius 1 is 1.25 bits per heavy atom. The number of aromatic nitrogens is 2. The Kier molecular flexibility index (Phi) is 6.79. The second-order valence-electron chi connectivity index (χ2n) is 6.13. The van der Waals surface area contributed by atoms with Gasteiger partial charge in [0.05, 0.1) is 18.3 Å². The van der Waals surface area contributed by atoms with E-state index in [4.69, 9.17) is 5.11 Å². The smallest absolute Gasteiger partial charge is 0.307 e. The van der Waals surface area contributed by atoms with Gasteiger partial charge < -0.3 is 9.67 Å². The maximum atomic E-state index is 11.2. The van der Waals surface area contributed by atoms with Crippen LogP contribution in [0.25, 0.3) is 6.08 Å². The molecule has 0 unspecified atom stereocenters. The van der Waals surface area contributed by atoms with Crippen LogP contribution in [0.5, 0.6) is 0 Å². The van der Waals surface area contributed by atoms with Crippen LogP contribution in [0, 0.1) is 6.92 Å². The van der Waals surface area contributed by atoms with Crippen LogP contribution in [0.4, 0.5) is 0 Å². The van der Waals surface area contributed by atoms with Gasteiger partial charge in [-0.15, -0.1) is 0 Å². The van der Waals surface area contributed by atoms with Gasteiger partial charge in [-0.1, -0.05) is 55.7 Å². The van der Waals surface area contributed by atoms with Gasteiger partial charge >= 0.3 is 5.97 Å². The first kappa shape index (κ1) is 18.0. The van der Waals surface area contributed by atoms with Crippen molar-refractivity contribution in [3.8, 4) is 0 Å². The maximum absolute atomic E-state index is 11.2. The number of rotatable bonds is 9. The van der Waals surface area contributed by atoms with Crippen molar-refractivity contribution in [1.29, 1.82) is 0 Å². The van der Waals surface area contributed by atoms with E-state index < -0.39 is 5.97 Å². The van der Waals surface area contributed by atoms with Crippen LogP contribution in [0.3, 0.4) is 0 Å². The van der Waals surface area contributed by atoms with E-state index in [1.807, 2.05) is 37.4 Å². The van der Waals surface area contributed by atoms with E-state index in [9.17, 15) is 4.79 Å². The Bertz CT molecular complexity index is 687. The van der Waals surface area contributed by atoms with Crippen LogP contribution < -0.4 is 0 Å². The Hall–Kier alpha value is -2.36. The van der Waals surface area contributed by atoms with E-state index in [0.29, 0.717) is 0 Å². The van der Waals surface area contributed by atoms with Gasteiger partial charge in [0.25, 0.3) is 0 Å². The summed E-state index contributed by atoms with van der Waals surface area (Å²) in [7, 11) is 0. The molecule has 0 aliphatic rings. The molecule has 128 valence electrons. The predicted octanol–water partition coefficient (Wildman–Crippen LogP) is 4.68. The molecule has 2 rings (SSSR count). The fourth-order valence-corrected chi connectivity index (χ4v) is 2.79. The average Bonchev–Trinajstić information content (AvgIpc) is 2.89. The number of aliphatic carboxylic acids is 1. The van der Waals surface area contributed by atoms with Gasteiger partial charge in [0, 0.05) is 6.54 Å². The quantitative estimate of drug-likeness (QED) is 0.681. The lowest BCUT2D eigenvalue weighted by atomic mass is 10.0. The second kappa shape index (κ2) is 9.06. The molecule has 24 heavy (non-hydrogen) atoms. The third kappa shape index (κ3) is 5.37. The molecule has 0 spiro atoms. The van der Waals surface area contributed by atoms with Gasteiger partial charge in [0.1, 0.15) is 5.82 Å². The number of carboxylic acids is 1. The van der Waals surface area contributed by atoms with E-state index >= 15 is 0 Å². The molecule has 0 saturated heterocycles. The third-order valence-corrected chi connectivity index (χ3v) is 4.10. The number of nitrogens with zero attached hydrogens (tertiary/aromatic N) is 2. The fraction of sp³-hybridized carbons (Fsp3) is 0.400. The van der Waals surface area contributed by atoms with Crippen molar-refractivity contribution in [1.82, 2.24) is 9.55 Å². The molecule has 0 fully saturated rings. The first-order chi connectivity index (χ1) is 11.6. The van der Waals surface area contributed by atoms with E-state index in [-0.39, 0.29) is 6.42 Å². The number of benzene rings is 1. The molecule has 0 atom stereocenters. The normalized spacial score (nSPS) is 11.7. The van der Waals surface area contributed by atoms with Crippen LogP contribution in [0.2, 0.25) is 0 Å². The highest BCUT2D eigenvalue weighted by molar-refractivity contribution is 5.72. The Morgan fingerprint density at radius 2 is 2.00 bits per heavy atom. The molecular weight excluding hydrogens is 300 g/mol. The lowest BCUT2D eigenvalue weighted by Crippen LogP contribution is -2.05. The van der Waals surface area contributed by atoms with Crippen molar-refractivity contribution in [2.45, 2.75) is 52.5 Å². The lowest BCUT2D eigenvalue weighted by Gasteiger charge is -2.10. The molecule has 0 amide bonds. The maximum Gasteiger partial charge on any atom is 0.307 e. The highest BCUT2D eigenvalue weighted by atomic mass is 16.4. The summed E-state index contributed by atoms with van der Waals surface area (Å²) in [4.78, 5) is 15.6. The molecule has 0 bridgehead atoms. The number of aryl methyl sites for hydroxylation is 1. The molecule has 1 heterocycles. The number of carboxylic acid groups (broad SMARTS) is 1. The minimum atomic E-state index is -0.774. The van der Waals surface area contributed by atoms with Gasteiger partial charge in [0.2, 0.25) is 0 Å². The largest absolute Gasteiger partial charge is 0.481 e. The van der Waals surface area contributed by atoms with Crippen LogP contribution in [0.1, 0.15) is 56.1 Å². The van der Waals surface area contributed by atoms with Gasteiger partial charge in [-0.3, -0.25) is 4.79 Å². The van der Waals surface area contributed by atoms with E-state index in [0.717, 1.165) is 49.3 Å². The SMILES string of the molecule is CCCCC/C(=C\c1cnc(C)n1Cc1ccccc1)CC(=O)O. The number of imidazole rings is 1. The highest BCUT2D eigenvalue weighted by Gasteiger charge is 2.09. The summed E-state index contributed by atoms with van der Waals surface area (Å²) in [5.41, 5.74) is 3.15.